The zero-order valence-electron chi connectivity index (χ0n) is 17.0. The number of H-pyrrole nitrogens is 1. The highest BCUT2D eigenvalue weighted by atomic mass is 35.5. The van der Waals surface area contributed by atoms with E-state index >= 15 is 0 Å². The molecule has 6 nitrogen and oxygen atoms in total. The number of para-hydroxylation sites is 2. The zero-order valence-corrected chi connectivity index (χ0v) is 17.7. The van der Waals surface area contributed by atoms with Gasteiger partial charge in [-0.15, -0.1) is 0 Å². The lowest BCUT2D eigenvalue weighted by atomic mass is 9.95. The first-order valence-electron chi connectivity index (χ1n) is 10.3. The largest absolute Gasteiger partial charge is 0.342 e. The molecule has 1 aliphatic rings. The normalized spacial score (nSPS) is 15.0. The number of carbonyl (C=O) groups excluding carboxylic acids is 1. The van der Waals surface area contributed by atoms with Gasteiger partial charge >= 0.3 is 0 Å². The van der Waals surface area contributed by atoms with Gasteiger partial charge in [0.2, 0.25) is 0 Å². The van der Waals surface area contributed by atoms with E-state index in [0.717, 1.165) is 29.7 Å². The van der Waals surface area contributed by atoms with Crippen molar-refractivity contribution < 1.29 is 9.18 Å². The Balaban J connectivity index is 1.33. The van der Waals surface area contributed by atoms with Gasteiger partial charge in [-0.1, -0.05) is 23.7 Å². The lowest BCUT2D eigenvalue weighted by Crippen LogP contribution is -2.38. The van der Waals surface area contributed by atoms with Crippen LogP contribution >= 0.6 is 11.6 Å². The molecule has 8 heteroatoms. The van der Waals surface area contributed by atoms with Crippen LogP contribution in [0.25, 0.3) is 16.7 Å². The number of fused-ring (bicyclic) bond motifs is 1. The second kappa shape index (κ2) is 7.81. The highest BCUT2D eigenvalue weighted by Gasteiger charge is 2.30. The Morgan fingerprint density at radius 1 is 1.13 bits per heavy atom. The maximum atomic E-state index is 13.2. The molecule has 3 heterocycles. The van der Waals surface area contributed by atoms with Gasteiger partial charge in [-0.25, -0.2) is 14.1 Å². The molecule has 1 aliphatic heterocycles. The van der Waals surface area contributed by atoms with Crippen LogP contribution in [0.4, 0.5) is 4.39 Å². The SMILES string of the molecule is Cc1nn(-c2ccc(F)cc2)c(Cl)c1C(=O)N1CCC(c2nc3ccccc3[nH]2)CC1. The predicted molar refractivity (Wildman–Crippen MR) is 117 cm³/mol. The number of piperidine rings is 1. The Morgan fingerprint density at radius 3 is 2.55 bits per heavy atom. The highest BCUT2D eigenvalue weighted by Crippen LogP contribution is 2.30. The van der Waals surface area contributed by atoms with Crippen LogP contribution in [0.2, 0.25) is 5.15 Å². The molecule has 5 rings (SSSR count). The first kappa shape index (κ1) is 19.8. The molecule has 2 aromatic carbocycles. The van der Waals surface area contributed by atoms with E-state index in [1.165, 1.54) is 16.8 Å². The van der Waals surface area contributed by atoms with Crippen LogP contribution in [0.5, 0.6) is 0 Å². The molecule has 1 N–H and O–H groups in total. The minimum absolute atomic E-state index is 0.126. The average Bonchev–Trinajstić information content (AvgIpc) is 3.34. The van der Waals surface area contributed by atoms with Crippen LogP contribution in [-0.2, 0) is 0 Å². The number of nitrogens with one attached hydrogen (secondary N) is 1. The lowest BCUT2D eigenvalue weighted by Gasteiger charge is -2.31. The van der Waals surface area contributed by atoms with Gasteiger partial charge in [0, 0.05) is 19.0 Å². The summed E-state index contributed by atoms with van der Waals surface area (Å²) in [6.07, 6.45) is 1.66. The van der Waals surface area contributed by atoms with Crippen LogP contribution in [0.15, 0.2) is 48.5 Å². The number of halogens is 2. The Labute approximate surface area is 183 Å². The van der Waals surface area contributed by atoms with E-state index < -0.39 is 0 Å². The molecule has 0 radical (unpaired) electrons. The van der Waals surface area contributed by atoms with E-state index in [0.29, 0.717) is 30.0 Å². The quantitative estimate of drug-likeness (QED) is 0.497. The van der Waals surface area contributed by atoms with E-state index in [9.17, 15) is 9.18 Å². The first-order chi connectivity index (χ1) is 15.0. The van der Waals surface area contributed by atoms with E-state index in [2.05, 4.69) is 10.1 Å². The molecule has 0 unspecified atom stereocenters. The third-order valence-electron chi connectivity index (χ3n) is 5.87. The summed E-state index contributed by atoms with van der Waals surface area (Å²) >= 11 is 6.53. The molecule has 0 atom stereocenters. The molecule has 0 saturated carbocycles. The summed E-state index contributed by atoms with van der Waals surface area (Å²) in [6.45, 7) is 3.01. The number of carbonyl (C=O) groups is 1. The van der Waals surface area contributed by atoms with E-state index in [4.69, 9.17) is 16.6 Å². The van der Waals surface area contributed by atoms with Crippen molar-refractivity contribution in [2.75, 3.05) is 13.1 Å². The average molecular weight is 438 g/mol. The van der Waals surface area contributed by atoms with Gasteiger partial charge < -0.3 is 9.88 Å². The Hall–Kier alpha value is -3.19. The van der Waals surface area contributed by atoms with Gasteiger partial charge in [0.15, 0.2) is 0 Å². The fourth-order valence-electron chi connectivity index (χ4n) is 4.18. The van der Waals surface area contributed by atoms with Gasteiger partial charge in [-0.05, 0) is 56.2 Å². The second-order valence-corrected chi connectivity index (χ2v) is 8.20. The van der Waals surface area contributed by atoms with Crippen molar-refractivity contribution in [3.05, 3.63) is 76.6 Å². The van der Waals surface area contributed by atoms with Gasteiger partial charge in [-0.3, -0.25) is 4.79 Å². The van der Waals surface area contributed by atoms with Gasteiger partial charge in [0.05, 0.1) is 28.0 Å². The van der Waals surface area contributed by atoms with Crippen LogP contribution < -0.4 is 0 Å². The third-order valence-corrected chi connectivity index (χ3v) is 6.21. The number of likely N-dealkylation sites (tertiary alicyclic amines) is 1. The van der Waals surface area contributed by atoms with E-state index in [1.807, 2.05) is 29.2 Å². The topological polar surface area (TPSA) is 66.8 Å². The molecular formula is C23H21ClFN5O. The van der Waals surface area contributed by atoms with Crippen LogP contribution in [0.1, 0.15) is 40.6 Å². The molecular weight excluding hydrogens is 417 g/mol. The van der Waals surface area contributed by atoms with Crippen molar-refractivity contribution in [3.63, 3.8) is 0 Å². The summed E-state index contributed by atoms with van der Waals surface area (Å²) in [4.78, 5) is 23.2. The van der Waals surface area contributed by atoms with Gasteiger partial charge in [-0.2, -0.15) is 5.10 Å². The minimum Gasteiger partial charge on any atom is -0.342 e. The number of aromatic nitrogens is 4. The summed E-state index contributed by atoms with van der Waals surface area (Å²) in [5.41, 5.74) is 3.56. The molecule has 0 aliphatic carbocycles. The maximum absolute atomic E-state index is 13.2. The molecule has 4 aromatic rings. The smallest absolute Gasteiger partial charge is 0.258 e. The summed E-state index contributed by atoms with van der Waals surface area (Å²) in [6, 6.07) is 13.8. The Kier molecular flexibility index (Phi) is 4.98. The van der Waals surface area contributed by atoms with Crippen LogP contribution in [0.3, 0.4) is 0 Å². The maximum Gasteiger partial charge on any atom is 0.258 e. The number of nitrogens with zero attached hydrogens (tertiary/aromatic N) is 4. The van der Waals surface area contributed by atoms with Crippen LogP contribution in [0, 0.1) is 12.7 Å². The van der Waals surface area contributed by atoms with Crippen LogP contribution in [-0.4, -0.2) is 43.6 Å². The summed E-state index contributed by atoms with van der Waals surface area (Å²) in [7, 11) is 0. The van der Waals surface area contributed by atoms with E-state index in [-0.39, 0.29) is 22.8 Å². The molecule has 0 bridgehead atoms. The fraction of sp³-hybridized carbons (Fsp3) is 0.261. The number of imidazole rings is 1. The van der Waals surface area contributed by atoms with E-state index in [1.54, 1.807) is 19.1 Å². The monoisotopic (exact) mass is 437 g/mol. The van der Waals surface area contributed by atoms with Crippen molar-refractivity contribution in [2.24, 2.45) is 0 Å². The fourth-order valence-corrected chi connectivity index (χ4v) is 4.53. The number of aryl methyl sites for hydroxylation is 1. The van der Waals surface area contributed by atoms with Crippen molar-refractivity contribution in [1.82, 2.24) is 24.6 Å². The molecule has 31 heavy (non-hydrogen) atoms. The number of amides is 1. The summed E-state index contributed by atoms with van der Waals surface area (Å²) in [5.74, 6) is 0.799. The lowest BCUT2D eigenvalue weighted by molar-refractivity contribution is 0.0710. The predicted octanol–water partition coefficient (Wildman–Crippen LogP) is 4.87. The highest BCUT2D eigenvalue weighted by molar-refractivity contribution is 6.33. The second-order valence-electron chi connectivity index (χ2n) is 7.85. The third kappa shape index (κ3) is 3.59. The molecule has 0 spiro atoms. The van der Waals surface area contributed by atoms with Crippen molar-refractivity contribution >= 4 is 28.5 Å². The number of benzene rings is 2. The number of hydrogen-bond acceptors (Lipinski definition) is 3. The molecule has 158 valence electrons. The zero-order chi connectivity index (χ0) is 21.5. The summed E-state index contributed by atoms with van der Waals surface area (Å²) < 4.78 is 14.7. The molecule has 1 saturated heterocycles. The number of rotatable bonds is 3. The minimum atomic E-state index is -0.340. The number of hydrogen-bond donors (Lipinski definition) is 1. The Morgan fingerprint density at radius 2 is 1.84 bits per heavy atom. The molecule has 1 fully saturated rings. The number of aromatic amines is 1. The Bertz CT molecular complexity index is 1220. The molecule has 1 amide bonds. The standard InChI is InChI=1S/C23H21ClFN5O/c1-14-20(21(24)30(28-14)17-8-6-16(25)7-9-17)23(31)29-12-10-15(11-13-29)22-26-18-4-2-3-5-19(18)27-22/h2-9,15H,10-13H2,1H3,(H,26,27). The van der Waals surface area contributed by atoms with Crippen molar-refractivity contribution in [3.8, 4) is 5.69 Å². The molecule has 2 aromatic heterocycles. The first-order valence-corrected chi connectivity index (χ1v) is 10.6. The van der Waals surface area contributed by atoms with Crippen molar-refractivity contribution in [2.45, 2.75) is 25.7 Å². The summed E-state index contributed by atoms with van der Waals surface area (Å²) in [5, 5.41) is 4.66. The van der Waals surface area contributed by atoms with Crippen molar-refractivity contribution in [1.29, 1.82) is 0 Å². The van der Waals surface area contributed by atoms with Gasteiger partial charge in [0.25, 0.3) is 5.91 Å². The van der Waals surface area contributed by atoms with Gasteiger partial charge in [0.1, 0.15) is 16.8 Å².